The van der Waals surface area contributed by atoms with Gasteiger partial charge in [0.1, 0.15) is 6.61 Å². The molecule has 1 atom stereocenters. The van der Waals surface area contributed by atoms with E-state index < -0.39 is 11.9 Å². The van der Waals surface area contributed by atoms with Gasteiger partial charge in [-0.1, -0.05) is 90.4 Å². The van der Waals surface area contributed by atoms with E-state index in [4.69, 9.17) is 9.47 Å². The fourth-order valence-electron chi connectivity index (χ4n) is 3.91. The molecule has 0 heterocycles. The van der Waals surface area contributed by atoms with Gasteiger partial charge in [0.05, 0.1) is 18.1 Å². The first-order valence-corrected chi connectivity index (χ1v) is 13.8. The van der Waals surface area contributed by atoms with Crippen LogP contribution in [-0.2, 0) is 14.3 Å². The number of carbonyl (C=O) groups excluding carboxylic acids is 2. The van der Waals surface area contributed by atoms with E-state index >= 15 is 0 Å². The Hall–Kier alpha value is -2.04. The Morgan fingerprint density at radius 1 is 0.735 bits per heavy atom. The number of ether oxygens (including phenoxy) is 2. The van der Waals surface area contributed by atoms with Crippen LogP contribution in [0.1, 0.15) is 121 Å². The largest absolute Gasteiger partial charge is 0.466 e. The van der Waals surface area contributed by atoms with Crippen molar-refractivity contribution in [1.29, 1.82) is 0 Å². The normalized spacial score (nSPS) is 11.7. The lowest BCUT2D eigenvalue weighted by Crippen LogP contribution is -2.21. The Morgan fingerprint density at radius 2 is 1.24 bits per heavy atom. The molecular formula is C29H49NO4. The highest BCUT2D eigenvalue weighted by Crippen LogP contribution is 2.14. The molecule has 194 valence electrons. The predicted molar refractivity (Wildman–Crippen MR) is 141 cm³/mol. The van der Waals surface area contributed by atoms with Crippen LogP contribution in [0.2, 0.25) is 0 Å². The summed E-state index contributed by atoms with van der Waals surface area (Å²) < 4.78 is 10.2. The molecule has 0 aromatic heterocycles. The molecule has 1 aromatic rings. The monoisotopic (exact) mass is 475 g/mol. The van der Waals surface area contributed by atoms with E-state index in [2.05, 4.69) is 12.2 Å². The fourth-order valence-corrected chi connectivity index (χ4v) is 3.91. The van der Waals surface area contributed by atoms with Gasteiger partial charge in [0, 0.05) is 12.2 Å². The molecule has 0 aliphatic rings. The maximum absolute atomic E-state index is 12.2. The highest BCUT2D eigenvalue weighted by atomic mass is 16.5. The molecule has 0 radical (unpaired) electrons. The first-order valence-electron chi connectivity index (χ1n) is 13.8. The predicted octanol–water partition coefficient (Wildman–Crippen LogP) is 7.94. The second kappa shape index (κ2) is 20.3. The average molecular weight is 476 g/mol. The number of benzene rings is 1. The molecule has 0 aliphatic heterocycles. The van der Waals surface area contributed by atoms with Gasteiger partial charge in [0.15, 0.2) is 0 Å². The third kappa shape index (κ3) is 15.0. The standard InChI is InChI=1S/C29H49NO4/c1-4-6-7-8-9-10-11-12-13-14-15-16-17-18-23-30-27-21-19-26(20-22-27)29(32)34-24-25(3)28(31)33-5-2/h19-22,25,30H,4-18,23-24H2,1-3H3. The summed E-state index contributed by atoms with van der Waals surface area (Å²) in [4.78, 5) is 23.8. The molecule has 5 nitrogen and oxygen atoms in total. The number of esters is 2. The van der Waals surface area contributed by atoms with Crippen molar-refractivity contribution in [1.82, 2.24) is 0 Å². The summed E-state index contributed by atoms with van der Waals surface area (Å²) in [5, 5.41) is 3.42. The number of nitrogens with one attached hydrogen (secondary N) is 1. The van der Waals surface area contributed by atoms with Crippen LogP contribution < -0.4 is 5.32 Å². The van der Waals surface area contributed by atoms with Gasteiger partial charge in [0.2, 0.25) is 0 Å². The number of anilines is 1. The molecule has 0 amide bonds. The molecule has 0 saturated heterocycles. The lowest BCUT2D eigenvalue weighted by Gasteiger charge is -2.11. The summed E-state index contributed by atoms with van der Waals surface area (Å²) in [6, 6.07) is 7.31. The highest BCUT2D eigenvalue weighted by Gasteiger charge is 2.17. The minimum absolute atomic E-state index is 0.0246. The molecule has 0 aliphatic carbocycles. The molecule has 1 aromatic carbocycles. The van der Waals surface area contributed by atoms with Gasteiger partial charge in [-0.2, -0.15) is 0 Å². The minimum atomic E-state index is -0.463. The van der Waals surface area contributed by atoms with Crippen LogP contribution in [0.4, 0.5) is 5.69 Å². The first kappa shape index (κ1) is 30.0. The molecule has 0 fully saturated rings. The zero-order valence-corrected chi connectivity index (χ0v) is 22.0. The third-order valence-corrected chi connectivity index (χ3v) is 6.13. The Bertz CT molecular complexity index is 644. The van der Waals surface area contributed by atoms with Gasteiger partial charge in [-0.25, -0.2) is 4.79 Å². The average Bonchev–Trinajstić information content (AvgIpc) is 2.85. The Balaban J connectivity index is 2.01. The van der Waals surface area contributed by atoms with E-state index in [0.29, 0.717) is 12.2 Å². The summed E-state index contributed by atoms with van der Waals surface area (Å²) in [5.41, 5.74) is 1.49. The maximum Gasteiger partial charge on any atom is 0.338 e. The van der Waals surface area contributed by atoms with Crippen LogP contribution >= 0.6 is 0 Å². The molecule has 1 unspecified atom stereocenters. The van der Waals surface area contributed by atoms with Crippen molar-refractivity contribution >= 4 is 17.6 Å². The van der Waals surface area contributed by atoms with E-state index in [1.165, 1.54) is 83.5 Å². The van der Waals surface area contributed by atoms with E-state index in [9.17, 15) is 9.59 Å². The van der Waals surface area contributed by atoms with Crippen LogP contribution in [0.15, 0.2) is 24.3 Å². The van der Waals surface area contributed by atoms with Crippen LogP contribution in [-0.4, -0.2) is 31.7 Å². The number of carbonyl (C=O) groups is 2. The third-order valence-electron chi connectivity index (χ3n) is 6.13. The zero-order valence-electron chi connectivity index (χ0n) is 22.0. The van der Waals surface area contributed by atoms with Crippen molar-refractivity contribution in [2.24, 2.45) is 5.92 Å². The molecule has 0 saturated carbocycles. The number of unbranched alkanes of at least 4 members (excludes halogenated alkanes) is 13. The van der Waals surface area contributed by atoms with Crippen molar-refractivity contribution in [3.05, 3.63) is 29.8 Å². The fraction of sp³-hybridized carbons (Fsp3) is 0.724. The van der Waals surface area contributed by atoms with Crippen LogP contribution in [0, 0.1) is 5.92 Å². The van der Waals surface area contributed by atoms with Crippen LogP contribution in [0.3, 0.4) is 0 Å². The van der Waals surface area contributed by atoms with Gasteiger partial charge in [-0.3, -0.25) is 4.79 Å². The second-order valence-electron chi connectivity index (χ2n) is 9.35. The van der Waals surface area contributed by atoms with Gasteiger partial charge >= 0.3 is 11.9 Å². The molecule has 1 rings (SSSR count). The maximum atomic E-state index is 12.2. The van der Waals surface area contributed by atoms with Gasteiger partial charge < -0.3 is 14.8 Å². The summed E-state index contributed by atoms with van der Waals surface area (Å²) >= 11 is 0. The zero-order chi connectivity index (χ0) is 24.9. The van der Waals surface area contributed by atoms with Crippen molar-refractivity contribution < 1.29 is 19.1 Å². The van der Waals surface area contributed by atoms with Crippen molar-refractivity contribution in [3.63, 3.8) is 0 Å². The van der Waals surface area contributed by atoms with Crippen molar-refractivity contribution in [2.45, 2.75) is 111 Å². The van der Waals surface area contributed by atoms with E-state index in [1.807, 2.05) is 12.1 Å². The number of hydrogen-bond donors (Lipinski definition) is 1. The molecule has 0 bridgehead atoms. The van der Waals surface area contributed by atoms with E-state index in [-0.39, 0.29) is 12.6 Å². The SMILES string of the molecule is CCCCCCCCCCCCCCCCNc1ccc(C(=O)OCC(C)C(=O)OCC)cc1. The lowest BCUT2D eigenvalue weighted by molar-refractivity contribution is -0.148. The quantitative estimate of drug-likeness (QED) is 0.144. The molecule has 0 spiro atoms. The lowest BCUT2D eigenvalue weighted by atomic mass is 10.0. The van der Waals surface area contributed by atoms with Gasteiger partial charge in [-0.05, 0) is 44.5 Å². The second-order valence-corrected chi connectivity index (χ2v) is 9.35. The molecular weight excluding hydrogens is 426 g/mol. The molecule has 1 N–H and O–H groups in total. The van der Waals surface area contributed by atoms with E-state index in [1.54, 1.807) is 26.0 Å². The minimum Gasteiger partial charge on any atom is -0.466 e. The summed E-state index contributed by atoms with van der Waals surface area (Å²) in [5.74, 6) is -1.23. The first-order chi connectivity index (χ1) is 16.6. The topological polar surface area (TPSA) is 64.6 Å². The Morgan fingerprint density at radius 3 is 1.74 bits per heavy atom. The summed E-state index contributed by atoms with van der Waals surface area (Å²) in [7, 11) is 0. The van der Waals surface area contributed by atoms with Crippen molar-refractivity contribution in [2.75, 3.05) is 25.1 Å². The number of rotatable bonds is 21. The smallest absolute Gasteiger partial charge is 0.338 e. The van der Waals surface area contributed by atoms with Crippen LogP contribution in [0.25, 0.3) is 0 Å². The summed E-state index contributed by atoms with van der Waals surface area (Å²) in [6.07, 6.45) is 19.1. The van der Waals surface area contributed by atoms with Gasteiger partial charge in [-0.15, -0.1) is 0 Å². The van der Waals surface area contributed by atoms with Crippen LogP contribution in [0.5, 0.6) is 0 Å². The molecule has 5 heteroatoms. The summed E-state index contributed by atoms with van der Waals surface area (Å²) in [6.45, 7) is 7.01. The van der Waals surface area contributed by atoms with Crippen molar-refractivity contribution in [3.8, 4) is 0 Å². The number of hydrogen-bond acceptors (Lipinski definition) is 5. The van der Waals surface area contributed by atoms with E-state index in [0.717, 1.165) is 18.7 Å². The Kier molecular flexibility index (Phi) is 17.9. The van der Waals surface area contributed by atoms with Gasteiger partial charge in [0.25, 0.3) is 0 Å². The highest BCUT2D eigenvalue weighted by molar-refractivity contribution is 5.90. The Labute approximate surface area is 208 Å². The molecule has 34 heavy (non-hydrogen) atoms.